The Morgan fingerprint density at radius 2 is 1.73 bits per heavy atom. The second-order valence-corrected chi connectivity index (χ2v) is 7.08. The van der Waals surface area contributed by atoms with Crippen molar-refractivity contribution in [3.05, 3.63) is 69.9 Å². The molecule has 0 aliphatic heterocycles. The number of nitrogens with zero attached hydrogens (tertiary/aromatic N) is 3. The fourth-order valence-corrected chi connectivity index (χ4v) is 3.24. The maximum Gasteiger partial charge on any atom is 0.434 e. The molecule has 1 unspecified atom stereocenters. The van der Waals surface area contributed by atoms with Crippen molar-refractivity contribution in [2.45, 2.75) is 11.1 Å². The van der Waals surface area contributed by atoms with Crippen LogP contribution in [0, 0.1) is 0 Å². The summed E-state index contributed by atoms with van der Waals surface area (Å²) >= 11 is 5.74. The molecule has 136 valence electrons. The van der Waals surface area contributed by atoms with Crippen LogP contribution in [0.1, 0.15) is 5.69 Å². The third-order valence-electron chi connectivity index (χ3n) is 3.57. The molecule has 0 saturated heterocycles. The van der Waals surface area contributed by atoms with Gasteiger partial charge in [-0.1, -0.05) is 11.6 Å². The Hall–Kier alpha value is -2.39. The Morgan fingerprint density at radius 3 is 2.27 bits per heavy atom. The summed E-state index contributed by atoms with van der Waals surface area (Å²) in [5.74, 6) is 0. The summed E-state index contributed by atoms with van der Waals surface area (Å²) in [6.45, 7) is 0. The van der Waals surface area contributed by atoms with Crippen molar-refractivity contribution >= 4 is 22.4 Å². The number of pyridine rings is 1. The molecule has 1 aromatic carbocycles. The van der Waals surface area contributed by atoms with Crippen LogP contribution in [0.2, 0.25) is 5.02 Å². The van der Waals surface area contributed by atoms with E-state index in [0.717, 1.165) is 12.5 Å². The quantitative estimate of drug-likeness (QED) is 0.675. The predicted octanol–water partition coefficient (Wildman–Crippen LogP) is 3.43. The summed E-state index contributed by atoms with van der Waals surface area (Å²) in [6, 6.07) is 8.49. The van der Waals surface area contributed by atoms with E-state index in [-0.39, 0.29) is 16.3 Å². The number of benzene rings is 1. The molecular formula is C16H11ClF3N3O2S. The van der Waals surface area contributed by atoms with Crippen LogP contribution in [-0.4, -0.2) is 24.8 Å². The van der Waals surface area contributed by atoms with Crippen LogP contribution < -0.4 is 5.56 Å². The normalized spacial score (nSPS) is 13.0. The van der Waals surface area contributed by atoms with Gasteiger partial charge in [0.15, 0.2) is 5.69 Å². The summed E-state index contributed by atoms with van der Waals surface area (Å²) in [5, 5.41) is 4.01. The molecule has 2 heterocycles. The third-order valence-corrected chi connectivity index (χ3v) is 4.72. The van der Waals surface area contributed by atoms with E-state index >= 15 is 0 Å². The van der Waals surface area contributed by atoms with Gasteiger partial charge in [0, 0.05) is 29.2 Å². The number of hydrogen-bond acceptors (Lipinski definition) is 3. The van der Waals surface area contributed by atoms with Crippen molar-refractivity contribution in [2.24, 2.45) is 0 Å². The molecule has 0 aliphatic carbocycles. The Kier molecular flexibility index (Phi) is 4.76. The maximum atomic E-state index is 13.4. The molecule has 5 nitrogen and oxygen atoms in total. The largest absolute Gasteiger partial charge is 0.434 e. The lowest BCUT2D eigenvalue weighted by molar-refractivity contribution is -0.145. The first-order valence-electron chi connectivity index (χ1n) is 7.16. The first-order chi connectivity index (χ1) is 12.2. The van der Waals surface area contributed by atoms with Crippen molar-refractivity contribution in [3.63, 3.8) is 0 Å². The van der Waals surface area contributed by atoms with Crippen LogP contribution in [-0.2, 0) is 17.0 Å². The summed E-state index contributed by atoms with van der Waals surface area (Å²) in [6.07, 6.45) is -1.15. The second kappa shape index (κ2) is 6.73. The van der Waals surface area contributed by atoms with Gasteiger partial charge in [-0.3, -0.25) is 13.6 Å². The minimum Gasteiger partial charge on any atom is -0.284 e. The molecule has 3 aromatic rings. The standard InChI is InChI=1S/C16H11ClF3N3O2S/c1-26(25)13-9-21-23(15(13)16(18,19)20)12-4-2-11(3-5-12)22-7-6-10(17)8-14(22)24/h2-9H,1H3. The smallest absolute Gasteiger partial charge is 0.284 e. The molecule has 0 spiro atoms. The van der Waals surface area contributed by atoms with Gasteiger partial charge in [0.2, 0.25) is 0 Å². The van der Waals surface area contributed by atoms with Gasteiger partial charge in [-0.2, -0.15) is 18.3 Å². The minimum atomic E-state index is -4.72. The number of alkyl halides is 3. The summed E-state index contributed by atoms with van der Waals surface area (Å²) < 4.78 is 53.7. The molecule has 0 fully saturated rings. The number of hydrogen-bond donors (Lipinski definition) is 0. The molecule has 10 heteroatoms. The summed E-state index contributed by atoms with van der Waals surface area (Å²) in [4.78, 5) is 11.5. The zero-order chi connectivity index (χ0) is 19.1. The first-order valence-corrected chi connectivity index (χ1v) is 9.10. The highest BCUT2D eigenvalue weighted by Gasteiger charge is 2.39. The molecule has 3 rings (SSSR count). The molecule has 0 radical (unpaired) electrons. The first kappa shape index (κ1) is 18.4. The fourth-order valence-electron chi connectivity index (χ4n) is 2.42. The zero-order valence-electron chi connectivity index (χ0n) is 13.2. The molecule has 0 aliphatic rings. The van der Waals surface area contributed by atoms with E-state index in [0.29, 0.717) is 10.4 Å². The minimum absolute atomic E-state index is 0.125. The van der Waals surface area contributed by atoms with E-state index < -0.39 is 27.6 Å². The van der Waals surface area contributed by atoms with Gasteiger partial charge in [0.05, 0.1) is 27.6 Å². The van der Waals surface area contributed by atoms with Gasteiger partial charge in [0.25, 0.3) is 5.56 Å². The lowest BCUT2D eigenvalue weighted by Crippen LogP contribution is -2.17. The number of aromatic nitrogens is 3. The average molecular weight is 402 g/mol. The van der Waals surface area contributed by atoms with Crippen molar-refractivity contribution in [1.82, 2.24) is 14.3 Å². The second-order valence-electron chi connectivity index (χ2n) is 5.29. The highest BCUT2D eigenvalue weighted by molar-refractivity contribution is 7.84. The van der Waals surface area contributed by atoms with Gasteiger partial charge >= 0.3 is 6.18 Å². The van der Waals surface area contributed by atoms with E-state index in [1.807, 2.05) is 0 Å². The number of rotatable bonds is 3. The molecule has 0 amide bonds. The van der Waals surface area contributed by atoms with E-state index in [9.17, 15) is 22.2 Å². The van der Waals surface area contributed by atoms with Gasteiger partial charge < -0.3 is 0 Å². The fraction of sp³-hybridized carbons (Fsp3) is 0.125. The summed E-state index contributed by atoms with van der Waals surface area (Å²) in [7, 11) is -1.84. The molecule has 1 atom stereocenters. The Balaban J connectivity index is 2.07. The van der Waals surface area contributed by atoms with E-state index in [4.69, 9.17) is 11.6 Å². The Morgan fingerprint density at radius 1 is 1.12 bits per heavy atom. The maximum absolute atomic E-state index is 13.4. The van der Waals surface area contributed by atoms with Crippen LogP contribution in [0.4, 0.5) is 13.2 Å². The van der Waals surface area contributed by atoms with Crippen molar-refractivity contribution in [2.75, 3.05) is 6.26 Å². The van der Waals surface area contributed by atoms with Crippen molar-refractivity contribution in [1.29, 1.82) is 0 Å². The molecule has 0 bridgehead atoms. The molecule has 0 saturated carbocycles. The van der Waals surface area contributed by atoms with Crippen LogP contribution in [0.5, 0.6) is 0 Å². The van der Waals surface area contributed by atoms with Crippen LogP contribution in [0.3, 0.4) is 0 Å². The van der Waals surface area contributed by atoms with Gasteiger partial charge in [-0.05, 0) is 30.3 Å². The molecule has 26 heavy (non-hydrogen) atoms. The Bertz CT molecular complexity index is 1040. The van der Waals surface area contributed by atoms with Crippen molar-refractivity contribution < 1.29 is 17.4 Å². The lowest BCUT2D eigenvalue weighted by Gasteiger charge is -2.13. The summed E-state index contributed by atoms with van der Waals surface area (Å²) in [5.41, 5.74) is -0.881. The van der Waals surface area contributed by atoms with E-state index in [1.165, 1.54) is 47.2 Å². The van der Waals surface area contributed by atoms with Gasteiger partial charge in [0.1, 0.15) is 0 Å². The molecular weight excluding hydrogens is 391 g/mol. The molecule has 2 aromatic heterocycles. The predicted molar refractivity (Wildman–Crippen MR) is 91.5 cm³/mol. The zero-order valence-corrected chi connectivity index (χ0v) is 14.8. The number of halogens is 4. The van der Waals surface area contributed by atoms with Crippen LogP contribution in [0.25, 0.3) is 11.4 Å². The highest BCUT2D eigenvalue weighted by atomic mass is 35.5. The SMILES string of the molecule is CS(=O)c1cnn(-c2ccc(-n3ccc(Cl)cc3=O)cc2)c1C(F)(F)F. The van der Waals surface area contributed by atoms with E-state index in [2.05, 4.69) is 5.10 Å². The highest BCUT2D eigenvalue weighted by Crippen LogP contribution is 2.34. The van der Waals surface area contributed by atoms with Gasteiger partial charge in [-0.15, -0.1) is 0 Å². The average Bonchev–Trinajstić information content (AvgIpc) is 3.01. The van der Waals surface area contributed by atoms with Crippen molar-refractivity contribution in [3.8, 4) is 11.4 Å². The Labute approximate surface area is 153 Å². The van der Waals surface area contributed by atoms with Crippen LogP contribution >= 0.6 is 11.6 Å². The van der Waals surface area contributed by atoms with E-state index in [1.54, 1.807) is 0 Å². The lowest BCUT2D eigenvalue weighted by atomic mass is 10.2. The van der Waals surface area contributed by atoms with Crippen LogP contribution in [0.15, 0.2) is 58.5 Å². The topological polar surface area (TPSA) is 56.9 Å². The third kappa shape index (κ3) is 3.45. The molecule has 0 N–H and O–H groups in total. The monoisotopic (exact) mass is 401 g/mol. The van der Waals surface area contributed by atoms with Gasteiger partial charge in [-0.25, -0.2) is 4.68 Å².